The molecule has 0 spiro atoms. The summed E-state index contributed by atoms with van der Waals surface area (Å²) in [5, 5.41) is 0.200. The van der Waals surface area contributed by atoms with Gasteiger partial charge in [-0.05, 0) is 35.4 Å². The number of benzene rings is 2. The van der Waals surface area contributed by atoms with Crippen LogP contribution in [0.25, 0.3) is 0 Å². The van der Waals surface area contributed by atoms with E-state index in [0.29, 0.717) is 10.0 Å². The van der Waals surface area contributed by atoms with Crippen molar-refractivity contribution in [1.29, 1.82) is 0 Å². The van der Waals surface area contributed by atoms with E-state index in [9.17, 15) is 9.59 Å². The van der Waals surface area contributed by atoms with Gasteiger partial charge in [0.05, 0.1) is 23.6 Å². The van der Waals surface area contributed by atoms with Crippen LogP contribution < -0.4 is 0 Å². The lowest BCUT2D eigenvalue weighted by atomic mass is 10.1. The fourth-order valence-electron chi connectivity index (χ4n) is 2.22. The van der Waals surface area contributed by atoms with E-state index in [4.69, 9.17) is 55.9 Å². The molecule has 0 amide bonds. The molecule has 150 valence electrons. The summed E-state index contributed by atoms with van der Waals surface area (Å²) in [5.41, 5.74) is 1.57. The second kappa shape index (κ2) is 11.5. The molecule has 0 saturated heterocycles. The minimum atomic E-state index is -0.531. The molecule has 2 rings (SSSR count). The predicted octanol–water partition coefficient (Wildman–Crippen LogP) is 6.12. The van der Waals surface area contributed by atoms with Gasteiger partial charge in [0.15, 0.2) is 0 Å². The highest BCUT2D eigenvalue weighted by molar-refractivity contribution is 6.31. The first-order valence-electron chi connectivity index (χ1n) is 8.45. The average Bonchev–Trinajstić information content (AvgIpc) is 2.69. The highest BCUT2D eigenvalue weighted by Crippen LogP contribution is 2.24. The normalized spacial score (nSPS) is 12.9. The summed E-state index contributed by atoms with van der Waals surface area (Å²) < 4.78 is 10.2. The summed E-state index contributed by atoms with van der Waals surface area (Å²) >= 11 is 24.0. The van der Waals surface area contributed by atoms with Gasteiger partial charge in [-0.15, -0.1) is 23.2 Å². The summed E-state index contributed by atoms with van der Waals surface area (Å²) in [5.74, 6) is -1.06. The molecule has 0 bridgehead atoms. The van der Waals surface area contributed by atoms with Gasteiger partial charge in [-0.2, -0.15) is 0 Å². The minimum absolute atomic E-state index is 0.00259. The van der Waals surface area contributed by atoms with Crippen LogP contribution in [0.1, 0.15) is 34.7 Å². The van der Waals surface area contributed by atoms with E-state index in [1.54, 1.807) is 48.5 Å². The summed E-state index contributed by atoms with van der Waals surface area (Å²) in [6, 6.07) is 13.9. The first-order valence-corrected chi connectivity index (χ1v) is 10.1. The van der Waals surface area contributed by atoms with Crippen LogP contribution in [-0.4, -0.2) is 25.2 Å². The topological polar surface area (TPSA) is 52.6 Å². The predicted molar refractivity (Wildman–Crippen MR) is 111 cm³/mol. The Morgan fingerprint density at radius 2 is 1.00 bits per heavy atom. The molecule has 0 aliphatic carbocycles. The van der Waals surface area contributed by atoms with Crippen molar-refractivity contribution in [2.75, 3.05) is 13.2 Å². The lowest BCUT2D eigenvalue weighted by Gasteiger charge is -2.12. The molecule has 0 aliphatic rings. The third kappa shape index (κ3) is 7.88. The van der Waals surface area contributed by atoms with Crippen molar-refractivity contribution in [3.8, 4) is 0 Å². The first kappa shape index (κ1) is 22.8. The van der Waals surface area contributed by atoms with Gasteiger partial charge in [0, 0.05) is 10.0 Å². The molecular weight excluding hydrogens is 446 g/mol. The van der Waals surface area contributed by atoms with Gasteiger partial charge in [0.1, 0.15) is 13.2 Å². The Labute approximate surface area is 183 Å². The Bertz CT molecular complexity index is 710. The number of rotatable bonds is 9. The van der Waals surface area contributed by atoms with Crippen molar-refractivity contribution in [3.63, 3.8) is 0 Å². The van der Waals surface area contributed by atoms with Gasteiger partial charge in [-0.3, -0.25) is 9.59 Å². The number of esters is 2. The number of alkyl halides is 2. The van der Waals surface area contributed by atoms with Gasteiger partial charge in [0.2, 0.25) is 0 Å². The molecule has 2 unspecified atom stereocenters. The van der Waals surface area contributed by atoms with Crippen molar-refractivity contribution in [2.24, 2.45) is 0 Å². The van der Waals surface area contributed by atoms with Crippen LogP contribution in [0.3, 0.4) is 0 Å². The highest BCUT2D eigenvalue weighted by Gasteiger charge is 2.15. The number of carbonyl (C=O) groups is 2. The van der Waals surface area contributed by atoms with Crippen LogP contribution in [0.5, 0.6) is 0 Å². The first-order chi connectivity index (χ1) is 13.3. The van der Waals surface area contributed by atoms with Crippen molar-refractivity contribution in [1.82, 2.24) is 0 Å². The molecule has 2 atom stereocenters. The lowest BCUT2D eigenvalue weighted by molar-refractivity contribution is -0.150. The molecule has 0 saturated carbocycles. The van der Waals surface area contributed by atoms with Gasteiger partial charge >= 0.3 is 11.9 Å². The average molecular weight is 464 g/mol. The molecule has 0 radical (unpaired) electrons. The second-order valence-electron chi connectivity index (χ2n) is 5.90. The minimum Gasteiger partial charge on any atom is -0.464 e. The number of ether oxygens (including phenoxy) is 2. The second-order valence-corrected chi connectivity index (χ2v) is 7.83. The van der Waals surface area contributed by atoms with Gasteiger partial charge in [0.25, 0.3) is 0 Å². The summed E-state index contributed by atoms with van der Waals surface area (Å²) in [7, 11) is 0. The number of hydrogen-bond donors (Lipinski definition) is 0. The lowest BCUT2D eigenvalue weighted by Crippen LogP contribution is -2.14. The summed E-state index contributed by atoms with van der Waals surface area (Å²) in [4.78, 5) is 23.6. The van der Waals surface area contributed by atoms with Crippen LogP contribution in [-0.2, 0) is 19.1 Å². The molecule has 0 aliphatic heterocycles. The Hall–Kier alpha value is -1.46. The zero-order valence-electron chi connectivity index (χ0n) is 14.7. The Balaban J connectivity index is 1.65. The Morgan fingerprint density at radius 1 is 0.679 bits per heavy atom. The van der Waals surface area contributed by atoms with E-state index in [2.05, 4.69) is 0 Å². The van der Waals surface area contributed by atoms with Gasteiger partial charge < -0.3 is 9.47 Å². The standard InChI is InChI=1S/C20H18Cl4O4/c21-15-5-1-13(2-6-15)17(23)11-27-19(25)9-10-20(26)28-12-18(24)14-3-7-16(22)8-4-14/h1-8,17-18H,9-12H2. The summed E-state index contributed by atoms with van der Waals surface area (Å²) in [6.45, 7) is -0.00518. The van der Waals surface area contributed by atoms with E-state index < -0.39 is 22.7 Å². The quantitative estimate of drug-likeness (QED) is 0.332. The monoisotopic (exact) mass is 462 g/mol. The van der Waals surface area contributed by atoms with Crippen LogP contribution in [0.2, 0.25) is 10.0 Å². The smallest absolute Gasteiger partial charge is 0.306 e. The summed E-state index contributed by atoms with van der Waals surface area (Å²) in [6.07, 6.45) is -0.200. The number of hydrogen-bond acceptors (Lipinski definition) is 4. The van der Waals surface area contributed by atoms with E-state index in [1.165, 1.54) is 0 Å². The Morgan fingerprint density at radius 3 is 1.32 bits per heavy atom. The maximum atomic E-state index is 11.8. The SMILES string of the molecule is O=C(CCC(=O)OCC(Cl)c1ccc(Cl)cc1)OCC(Cl)c1ccc(Cl)cc1. The third-order valence-electron chi connectivity index (χ3n) is 3.78. The van der Waals surface area contributed by atoms with Crippen molar-refractivity contribution in [3.05, 3.63) is 69.7 Å². The largest absolute Gasteiger partial charge is 0.464 e. The third-order valence-corrected chi connectivity index (χ3v) is 5.04. The molecule has 0 N–H and O–H groups in total. The molecule has 8 heteroatoms. The molecular formula is C20H18Cl4O4. The zero-order valence-corrected chi connectivity index (χ0v) is 17.8. The van der Waals surface area contributed by atoms with Crippen molar-refractivity contribution in [2.45, 2.75) is 23.6 Å². The van der Waals surface area contributed by atoms with Crippen LogP contribution in [0, 0.1) is 0 Å². The van der Waals surface area contributed by atoms with E-state index in [0.717, 1.165) is 11.1 Å². The maximum Gasteiger partial charge on any atom is 0.306 e. The van der Waals surface area contributed by atoms with E-state index in [-0.39, 0.29) is 26.1 Å². The molecule has 2 aromatic rings. The van der Waals surface area contributed by atoms with Crippen molar-refractivity contribution >= 4 is 58.3 Å². The molecule has 28 heavy (non-hydrogen) atoms. The highest BCUT2D eigenvalue weighted by atomic mass is 35.5. The Kier molecular flexibility index (Phi) is 9.39. The molecule has 0 heterocycles. The zero-order chi connectivity index (χ0) is 20.5. The van der Waals surface area contributed by atoms with Gasteiger partial charge in [-0.1, -0.05) is 47.5 Å². The van der Waals surface area contributed by atoms with Crippen LogP contribution in [0.4, 0.5) is 0 Å². The molecule has 0 aromatic heterocycles. The fraction of sp³-hybridized carbons (Fsp3) is 0.300. The molecule has 2 aromatic carbocycles. The molecule has 4 nitrogen and oxygen atoms in total. The van der Waals surface area contributed by atoms with Crippen molar-refractivity contribution < 1.29 is 19.1 Å². The van der Waals surface area contributed by atoms with Crippen LogP contribution in [0.15, 0.2) is 48.5 Å². The number of halogens is 4. The number of carbonyl (C=O) groups excluding carboxylic acids is 2. The van der Waals surface area contributed by atoms with E-state index >= 15 is 0 Å². The molecule has 0 fully saturated rings. The van der Waals surface area contributed by atoms with Crippen LogP contribution >= 0.6 is 46.4 Å². The van der Waals surface area contributed by atoms with E-state index in [1.807, 2.05) is 0 Å². The van der Waals surface area contributed by atoms with Gasteiger partial charge in [-0.25, -0.2) is 0 Å². The maximum absolute atomic E-state index is 11.8. The fourth-order valence-corrected chi connectivity index (χ4v) is 2.89.